The second-order valence-corrected chi connectivity index (χ2v) is 8.22. The first kappa shape index (κ1) is 19.9. The van der Waals surface area contributed by atoms with Gasteiger partial charge < -0.3 is 9.47 Å². The number of anilines is 1. The van der Waals surface area contributed by atoms with Gasteiger partial charge in [0.2, 0.25) is 6.23 Å². The van der Waals surface area contributed by atoms with Crippen molar-refractivity contribution in [3.63, 3.8) is 0 Å². The van der Waals surface area contributed by atoms with Crippen molar-refractivity contribution < 1.29 is 14.3 Å². The lowest BCUT2D eigenvalue weighted by molar-refractivity contribution is -0.151. The third-order valence-electron chi connectivity index (χ3n) is 4.61. The van der Waals surface area contributed by atoms with Crippen LogP contribution in [-0.2, 0) is 16.1 Å². The van der Waals surface area contributed by atoms with Crippen LogP contribution < -0.4 is 15.2 Å². The Balaban J connectivity index is 1.61. The van der Waals surface area contributed by atoms with Crippen LogP contribution in [0, 0.1) is 6.92 Å². The van der Waals surface area contributed by atoms with Gasteiger partial charge in [-0.2, -0.15) is 25.3 Å². The molecule has 1 N–H and O–H groups in total. The van der Waals surface area contributed by atoms with E-state index >= 15 is 0 Å². The maximum atomic E-state index is 11.7. The third-order valence-corrected chi connectivity index (χ3v) is 5.12. The second-order valence-electron chi connectivity index (χ2n) is 6.70. The van der Waals surface area contributed by atoms with E-state index in [1.807, 2.05) is 61.5 Å². The van der Waals surface area contributed by atoms with E-state index < -0.39 is 10.8 Å². The lowest BCUT2D eigenvalue weighted by Crippen LogP contribution is -2.58. The quantitative estimate of drug-likeness (QED) is 0.329. The Hall–Kier alpha value is -2.42. The van der Waals surface area contributed by atoms with E-state index in [-0.39, 0.29) is 12.5 Å². The summed E-state index contributed by atoms with van der Waals surface area (Å²) >= 11 is 8.70. The minimum Gasteiger partial charge on any atom is -0.487 e. The van der Waals surface area contributed by atoms with Crippen molar-refractivity contribution in [2.75, 3.05) is 11.6 Å². The summed E-state index contributed by atoms with van der Waals surface area (Å²) in [7, 11) is 0. The molecule has 2 aromatic carbocycles. The van der Waals surface area contributed by atoms with E-state index in [1.165, 1.54) is 0 Å². The van der Waals surface area contributed by atoms with E-state index in [4.69, 9.17) is 9.47 Å². The topological polar surface area (TPSA) is 63.7 Å². The fourth-order valence-corrected chi connectivity index (χ4v) is 3.63. The number of carbonyl (C=O) groups excluding carboxylic acids is 1. The van der Waals surface area contributed by atoms with Gasteiger partial charge in [-0.3, -0.25) is 9.80 Å². The number of cyclic esters (lactones) is 1. The van der Waals surface area contributed by atoms with E-state index in [0.29, 0.717) is 6.61 Å². The van der Waals surface area contributed by atoms with Gasteiger partial charge >= 0.3 is 5.97 Å². The second kappa shape index (κ2) is 8.52. The molecule has 1 aromatic heterocycles. The number of aryl methyl sites for hydroxylation is 1. The van der Waals surface area contributed by atoms with Crippen LogP contribution in [0.3, 0.4) is 0 Å². The van der Waals surface area contributed by atoms with Gasteiger partial charge in [-0.05, 0) is 25.1 Å². The number of para-hydroxylation sites is 2. The average Bonchev–Trinajstić information content (AvgIpc) is 2.72. The van der Waals surface area contributed by atoms with Crippen LogP contribution in [0.5, 0.6) is 5.75 Å². The Labute approximate surface area is 180 Å². The highest BCUT2D eigenvalue weighted by molar-refractivity contribution is 7.99. The highest BCUT2D eigenvalue weighted by atomic mass is 32.2. The fraction of sp³-hybridized carbons (Fsp3) is 0.238. The summed E-state index contributed by atoms with van der Waals surface area (Å²) in [5.74, 6) is 0.377. The van der Waals surface area contributed by atoms with Gasteiger partial charge in [0, 0.05) is 16.6 Å². The van der Waals surface area contributed by atoms with E-state index in [1.54, 1.807) is 5.01 Å². The van der Waals surface area contributed by atoms with Crippen molar-refractivity contribution in [1.29, 1.82) is 0 Å². The number of hydrogen-bond donors (Lipinski definition) is 3. The standard InChI is InChI=1S/C21H21N3O3S2/c1-13-9-10-14-6-4-8-17(19(14)23-13)26-12-15-5-2-3-7-16(15)24-20(21(28)29)27-18(25)11-22-24/h2-10,20-22,28-29H,11-12H2,1H3. The molecular weight excluding hydrogens is 406 g/mol. The largest absolute Gasteiger partial charge is 0.487 e. The molecule has 0 saturated carbocycles. The number of nitrogens with one attached hydrogen (secondary N) is 1. The first-order valence-corrected chi connectivity index (χ1v) is 10.2. The Bertz CT molecular complexity index is 1040. The summed E-state index contributed by atoms with van der Waals surface area (Å²) in [6, 6.07) is 17.7. The molecule has 1 atom stereocenters. The molecule has 1 saturated heterocycles. The Morgan fingerprint density at radius 1 is 1.21 bits per heavy atom. The minimum atomic E-state index is -0.647. The smallest absolute Gasteiger partial charge is 0.323 e. The molecule has 29 heavy (non-hydrogen) atoms. The Morgan fingerprint density at radius 3 is 2.86 bits per heavy atom. The van der Waals surface area contributed by atoms with Gasteiger partial charge in [-0.1, -0.05) is 36.4 Å². The zero-order valence-electron chi connectivity index (χ0n) is 15.8. The molecule has 0 radical (unpaired) electrons. The molecule has 0 amide bonds. The van der Waals surface area contributed by atoms with Crippen molar-refractivity contribution in [1.82, 2.24) is 10.4 Å². The summed E-state index contributed by atoms with van der Waals surface area (Å²) in [5.41, 5.74) is 6.61. The zero-order chi connectivity index (χ0) is 20.4. The minimum absolute atomic E-state index is 0.0759. The molecule has 0 aliphatic carbocycles. The molecule has 1 aliphatic rings. The van der Waals surface area contributed by atoms with Gasteiger partial charge in [0.25, 0.3) is 0 Å². The monoisotopic (exact) mass is 427 g/mol. The molecule has 0 bridgehead atoms. The van der Waals surface area contributed by atoms with Crippen LogP contribution in [0.4, 0.5) is 5.69 Å². The number of fused-ring (bicyclic) bond motifs is 1. The van der Waals surface area contributed by atoms with Crippen LogP contribution in [0.15, 0.2) is 54.6 Å². The van der Waals surface area contributed by atoms with Crippen LogP contribution in [0.1, 0.15) is 11.3 Å². The molecule has 8 heteroatoms. The number of benzene rings is 2. The SMILES string of the molecule is Cc1ccc2cccc(OCc3ccccc3N3NCC(=O)OC3C(S)S)c2n1. The summed E-state index contributed by atoms with van der Waals surface area (Å²) in [6.45, 7) is 2.36. The number of thiol groups is 2. The van der Waals surface area contributed by atoms with E-state index in [0.717, 1.165) is 33.6 Å². The van der Waals surface area contributed by atoms with Crippen LogP contribution >= 0.6 is 25.3 Å². The van der Waals surface area contributed by atoms with Crippen molar-refractivity contribution in [2.45, 2.75) is 24.3 Å². The number of pyridine rings is 1. The molecular formula is C21H21N3O3S2. The lowest BCUT2D eigenvalue weighted by atomic mass is 10.1. The maximum Gasteiger partial charge on any atom is 0.323 e. The number of esters is 1. The van der Waals surface area contributed by atoms with Crippen molar-refractivity contribution >= 4 is 47.8 Å². The van der Waals surface area contributed by atoms with Crippen molar-refractivity contribution in [3.8, 4) is 5.75 Å². The molecule has 150 valence electrons. The fourth-order valence-electron chi connectivity index (χ4n) is 3.24. The van der Waals surface area contributed by atoms with E-state index in [9.17, 15) is 4.79 Å². The molecule has 1 aliphatic heterocycles. The van der Waals surface area contributed by atoms with Crippen LogP contribution in [-0.4, -0.2) is 28.3 Å². The number of ether oxygens (including phenoxy) is 2. The number of aromatic nitrogens is 1. The predicted octanol–water partition coefficient (Wildman–Crippen LogP) is 3.50. The third kappa shape index (κ3) is 4.29. The number of rotatable bonds is 5. The average molecular weight is 428 g/mol. The molecule has 2 heterocycles. The summed E-state index contributed by atoms with van der Waals surface area (Å²) in [6.07, 6.45) is -0.647. The number of hydrogen-bond acceptors (Lipinski definition) is 8. The zero-order valence-corrected chi connectivity index (χ0v) is 17.6. The molecule has 0 spiro atoms. The van der Waals surface area contributed by atoms with Crippen LogP contribution in [0.2, 0.25) is 0 Å². The summed E-state index contributed by atoms with van der Waals surface area (Å²) in [4.78, 5) is 16.3. The number of nitrogens with zero attached hydrogens (tertiary/aromatic N) is 2. The Kier molecular flexibility index (Phi) is 5.84. The van der Waals surface area contributed by atoms with Gasteiger partial charge in [0.15, 0.2) is 0 Å². The van der Waals surface area contributed by atoms with Gasteiger partial charge in [0.05, 0.1) is 5.69 Å². The summed E-state index contributed by atoms with van der Waals surface area (Å²) < 4.78 is 11.1. The van der Waals surface area contributed by atoms with Gasteiger partial charge in [-0.25, -0.2) is 10.4 Å². The highest BCUT2D eigenvalue weighted by Gasteiger charge is 2.33. The maximum absolute atomic E-state index is 11.7. The number of hydrazine groups is 1. The Morgan fingerprint density at radius 2 is 2.03 bits per heavy atom. The van der Waals surface area contributed by atoms with Crippen LogP contribution in [0.25, 0.3) is 10.9 Å². The first-order valence-electron chi connectivity index (χ1n) is 9.18. The molecule has 6 nitrogen and oxygen atoms in total. The lowest BCUT2D eigenvalue weighted by Gasteiger charge is -2.39. The van der Waals surface area contributed by atoms with Gasteiger partial charge in [-0.15, -0.1) is 0 Å². The van der Waals surface area contributed by atoms with Gasteiger partial charge in [0.1, 0.15) is 29.0 Å². The molecule has 1 fully saturated rings. The summed E-state index contributed by atoms with van der Waals surface area (Å²) in [5, 5.41) is 2.80. The highest BCUT2D eigenvalue weighted by Crippen LogP contribution is 2.29. The predicted molar refractivity (Wildman–Crippen MR) is 119 cm³/mol. The van der Waals surface area contributed by atoms with Crippen molar-refractivity contribution in [3.05, 3.63) is 65.9 Å². The first-order chi connectivity index (χ1) is 14.0. The normalized spacial score (nSPS) is 16.9. The molecule has 4 rings (SSSR count). The molecule has 3 aromatic rings. The number of carbonyl (C=O) groups is 1. The van der Waals surface area contributed by atoms with E-state index in [2.05, 4.69) is 35.7 Å². The molecule has 1 unspecified atom stereocenters. The van der Waals surface area contributed by atoms with Crippen molar-refractivity contribution in [2.24, 2.45) is 0 Å².